The molecule has 0 saturated carbocycles. The van der Waals surface area contributed by atoms with E-state index in [9.17, 15) is 0 Å². The molecule has 2 aromatic rings. The van der Waals surface area contributed by atoms with E-state index in [1.165, 1.54) is 5.56 Å². The summed E-state index contributed by atoms with van der Waals surface area (Å²) in [5, 5.41) is 6.99. The van der Waals surface area contributed by atoms with Crippen LogP contribution in [0.2, 0.25) is 0 Å². The van der Waals surface area contributed by atoms with Crippen molar-refractivity contribution in [2.75, 3.05) is 0 Å². The van der Waals surface area contributed by atoms with Crippen LogP contribution >= 0.6 is 0 Å². The number of hydrogen-bond donors (Lipinski definition) is 0. The highest BCUT2D eigenvalue weighted by atomic mass is 16.5. The fraction of sp³-hybridized carbons (Fsp3) is 0.389. The van der Waals surface area contributed by atoms with Gasteiger partial charge in [-0.2, -0.15) is 5.10 Å². The molecule has 0 fully saturated rings. The SMILES string of the molecule is CCC[C@]1(C)Oc2ccccc2[C@@H]2CC(c3ccco3)=NN21. The van der Waals surface area contributed by atoms with Gasteiger partial charge in [0.2, 0.25) is 0 Å². The zero-order chi connectivity index (χ0) is 15.2. The summed E-state index contributed by atoms with van der Waals surface area (Å²) in [5.74, 6) is 1.83. The van der Waals surface area contributed by atoms with Crippen LogP contribution in [0.4, 0.5) is 0 Å². The van der Waals surface area contributed by atoms with Crippen LogP contribution in [-0.4, -0.2) is 16.4 Å². The van der Waals surface area contributed by atoms with Gasteiger partial charge in [-0.25, -0.2) is 5.01 Å². The van der Waals surface area contributed by atoms with Crippen LogP contribution in [0, 0.1) is 0 Å². The summed E-state index contributed by atoms with van der Waals surface area (Å²) in [6.45, 7) is 4.31. The van der Waals surface area contributed by atoms with Crippen molar-refractivity contribution < 1.29 is 9.15 Å². The highest BCUT2D eigenvalue weighted by Gasteiger charge is 2.47. The summed E-state index contributed by atoms with van der Waals surface area (Å²) in [4.78, 5) is 0. The van der Waals surface area contributed by atoms with E-state index in [0.717, 1.165) is 36.5 Å². The van der Waals surface area contributed by atoms with Gasteiger partial charge in [0.1, 0.15) is 17.2 Å². The van der Waals surface area contributed by atoms with Crippen molar-refractivity contribution in [3.8, 4) is 5.75 Å². The van der Waals surface area contributed by atoms with Gasteiger partial charge in [-0.15, -0.1) is 0 Å². The number of furan rings is 1. The second-order valence-corrected chi connectivity index (χ2v) is 6.15. The van der Waals surface area contributed by atoms with Crippen molar-refractivity contribution >= 4 is 5.71 Å². The molecule has 0 unspecified atom stereocenters. The molecule has 0 spiro atoms. The van der Waals surface area contributed by atoms with Crippen molar-refractivity contribution in [1.29, 1.82) is 0 Å². The predicted octanol–water partition coefficient (Wildman–Crippen LogP) is 4.34. The van der Waals surface area contributed by atoms with Crippen LogP contribution in [0.3, 0.4) is 0 Å². The number of hydrazone groups is 1. The van der Waals surface area contributed by atoms with Crippen molar-refractivity contribution in [3.63, 3.8) is 0 Å². The fourth-order valence-electron chi connectivity index (χ4n) is 3.54. The maximum absolute atomic E-state index is 6.33. The van der Waals surface area contributed by atoms with E-state index in [-0.39, 0.29) is 6.04 Å². The summed E-state index contributed by atoms with van der Waals surface area (Å²) in [7, 11) is 0. The molecule has 114 valence electrons. The molecule has 0 saturated heterocycles. The Labute approximate surface area is 130 Å². The van der Waals surface area contributed by atoms with Gasteiger partial charge in [0.05, 0.1) is 12.3 Å². The normalized spacial score (nSPS) is 26.2. The molecule has 4 rings (SSSR count). The number of ether oxygens (including phenoxy) is 1. The number of nitrogens with zero attached hydrogens (tertiary/aromatic N) is 2. The molecule has 1 aromatic carbocycles. The zero-order valence-electron chi connectivity index (χ0n) is 13.0. The topological polar surface area (TPSA) is 38.0 Å². The highest BCUT2D eigenvalue weighted by molar-refractivity contribution is 5.99. The van der Waals surface area contributed by atoms with Gasteiger partial charge in [-0.3, -0.25) is 0 Å². The van der Waals surface area contributed by atoms with Crippen LogP contribution in [-0.2, 0) is 0 Å². The fourth-order valence-corrected chi connectivity index (χ4v) is 3.54. The molecule has 0 N–H and O–H groups in total. The van der Waals surface area contributed by atoms with Crippen molar-refractivity contribution in [1.82, 2.24) is 5.01 Å². The molecular formula is C18H20N2O2. The molecule has 2 atom stereocenters. The average Bonchev–Trinajstić information content (AvgIpc) is 3.17. The van der Waals surface area contributed by atoms with Gasteiger partial charge in [0, 0.05) is 18.4 Å². The molecule has 2 aliphatic rings. The Morgan fingerprint density at radius 2 is 2.14 bits per heavy atom. The quantitative estimate of drug-likeness (QED) is 0.845. The number of benzene rings is 1. The summed E-state index contributed by atoms with van der Waals surface area (Å²) in [6.07, 6.45) is 4.54. The first kappa shape index (κ1) is 13.4. The molecule has 0 bridgehead atoms. The summed E-state index contributed by atoms with van der Waals surface area (Å²) >= 11 is 0. The van der Waals surface area contributed by atoms with E-state index < -0.39 is 5.72 Å². The smallest absolute Gasteiger partial charge is 0.195 e. The van der Waals surface area contributed by atoms with Crippen LogP contribution in [0.15, 0.2) is 52.2 Å². The lowest BCUT2D eigenvalue weighted by molar-refractivity contribution is -0.111. The largest absolute Gasteiger partial charge is 0.466 e. The Bertz CT molecular complexity index is 708. The van der Waals surface area contributed by atoms with Crippen LogP contribution in [0.1, 0.15) is 50.5 Å². The number of para-hydroxylation sites is 1. The minimum atomic E-state index is -0.401. The van der Waals surface area contributed by atoms with Gasteiger partial charge >= 0.3 is 0 Å². The molecule has 22 heavy (non-hydrogen) atoms. The monoisotopic (exact) mass is 296 g/mol. The van der Waals surface area contributed by atoms with E-state index >= 15 is 0 Å². The molecule has 0 aliphatic carbocycles. The number of hydrogen-bond acceptors (Lipinski definition) is 4. The second kappa shape index (κ2) is 4.90. The lowest BCUT2D eigenvalue weighted by Crippen LogP contribution is -2.51. The third-order valence-corrected chi connectivity index (χ3v) is 4.52. The minimum absolute atomic E-state index is 0.224. The van der Waals surface area contributed by atoms with Crippen LogP contribution in [0.25, 0.3) is 0 Å². The summed E-state index contributed by atoms with van der Waals surface area (Å²) in [6, 6.07) is 12.4. The standard InChI is InChI=1S/C18H20N2O2/c1-3-10-18(2)20-15(13-7-4-5-8-16(13)22-18)12-14(19-20)17-9-6-11-21-17/h4-9,11,15H,3,10,12H2,1-2H3/t15-,18-/m0/s1. The van der Waals surface area contributed by atoms with Crippen molar-refractivity contribution in [2.45, 2.75) is 44.9 Å². The van der Waals surface area contributed by atoms with E-state index in [0.29, 0.717) is 0 Å². The molecule has 0 amide bonds. The van der Waals surface area contributed by atoms with E-state index in [2.05, 4.69) is 37.1 Å². The van der Waals surface area contributed by atoms with Crippen LogP contribution in [0.5, 0.6) is 5.75 Å². The molecule has 1 aromatic heterocycles. The first-order valence-electron chi connectivity index (χ1n) is 7.90. The third-order valence-electron chi connectivity index (χ3n) is 4.52. The molecule has 4 nitrogen and oxygen atoms in total. The zero-order valence-corrected chi connectivity index (χ0v) is 13.0. The lowest BCUT2D eigenvalue weighted by atomic mass is 9.95. The first-order chi connectivity index (χ1) is 10.7. The number of rotatable bonds is 3. The molecule has 2 aliphatic heterocycles. The van der Waals surface area contributed by atoms with E-state index in [4.69, 9.17) is 14.3 Å². The maximum Gasteiger partial charge on any atom is 0.195 e. The Kier molecular flexibility index (Phi) is 2.99. The first-order valence-corrected chi connectivity index (χ1v) is 7.90. The third kappa shape index (κ3) is 1.94. The van der Waals surface area contributed by atoms with Gasteiger partial charge in [0.25, 0.3) is 0 Å². The summed E-state index contributed by atoms with van der Waals surface area (Å²) in [5.41, 5.74) is 1.81. The van der Waals surface area contributed by atoms with Gasteiger partial charge < -0.3 is 9.15 Å². The van der Waals surface area contributed by atoms with Crippen molar-refractivity contribution in [3.05, 3.63) is 54.0 Å². The van der Waals surface area contributed by atoms with Crippen LogP contribution < -0.4 is 4.74 Å². The second-order valence-electron chi connectivity index (χ2n) is 6.15. The van der Waals surface area contributed by atoms with Crippen molar-refractivity contribution in [2.24, 2.45) is 5.10 Å². The minimum Gasteiger partial charge on any atom is -0.466 e. The van der Waals surface area contributed by atoms with Gasteiger partial charge in [0.15, 0.2) is 5.72 Å². The lowest BCUT2D eigenvalue weighted by Gasteiger charge is -2.45. The molecular weight excluding hydrogens is 276 g/mol. The average molecular weight is 296 g/mol. The Hall–Kier alpha value is -2.23. The number of fused-ring (bicyclic) bond motifs is 3. The van der Waals surface area contributed by atoms with Gasteiger partial charge in [-0.1, -0.05) is 31.5 Å². The Balaban J connectivity index is 1.79. The molecule has 4 heteroatoms. The van der Waals surface area contributed by atoms with E-state index in [1.54, 1.807) is 6.26 Å². The summed E-state index contributed by atoms with van der Waals surface area (Å²) < 4.78 is 11.9. The highest BCUT2D eigenvalue weighted by Crippen LogP contribution is 2.47. The Morgan fingerprint density at radius 1 is 1.27 bits per heavy atom. The van der Waals surface area contributed by atoms with E-state index in [1.807, 2.05) is 18.2 Å². The molecule has 0 radical (unpaired) electrons. The predicted molar refractivity (Wildman–Crippen MR) is 84.8 cm³/mol. The molecule has 3 heterocycles. The van der Waals surface area contributed by atoms with Gasteiger partial charge in [-0.05, 0) is 25.1 Å². The maximum atomic E-state index is 6.33. The Morgan fingerprint density at radius 3 is 2.91 bits per heavy atom.